The number of hydrogen-bond donors (Lipinski definition) is 0. The normalized spacial score (nSPS) is 14.3. The molecule has 0 unspecified atom stereocenters. The fraction of sp³-hybridized carbons (Fsp3) is 0.923. The molecule has 1 amide bonds. The van der Waals surface area contributed by atoms with Crippen LogP contribution < -0.4 is 0 Å². The van der Waals surface area contributed by atoms with Crippen molar-refractivity contribution in [3.8, 4) is 0 Å². The summed E-state index contributed by atoms with van der Waals surface area (Å²) in [7, 11) is 0. The highest BCUT2D eigenvalue weighted by Gasteiger charge is 2.23. The second-order valence-corrected chi connectivity index (χ2v) is 4.17. The van der Waals surface area contributed by atoms with E-state index in [9.17, 15) is 4.79 Å². The molecular weight excluding hydrogens is 202 g/mol. The Bertz CT molecular complexity index is 167. The zero-order chi connectivity index (χ0) is 13.2. The molecule has 0 N–H and O–H groups in total. The average Bonchev–Trinajstić information content (AvgIpc) is 2.74. The largest absolute Gasteiger partial charge is 0.444 e. The minimum Gasteiger partial charge on any atom is -0.444 e. The zero-order valence-corrected chi connectivity index (χ0v) is 12.1. The number of ether oxygens (including phenoxy) is 1. The Labute approximate surface area is 101 Å². The number of amides is 1. The van der Waals surface area contributed by atoms with Gasteiger partial charge in [0.1, 0.15) is 5.60 Å². The molecule has 3 nitrogen and oxygen atoms in total. The third-order valence-electron chi connectivity index (χ3n) is 1.76. The summed E-state index contributed by atoms with van der Waals surface area (Å²) >= 11 is 0. The van der Waals surface area contributed by atoms with Crippen LogP contribution in [0.25, 0.3) is 0 Å². The Morgan fingerprint density at radius 1 is 1.00 bits per heavy atom. The maximum Gasteiger partial charge on any atom is 0.410 e. The molecule has 0 aromatic rings. The van der Waals surface area contributed by atoms with E-state index in [4.69, 9.17) is 4.74 Å². The van der Waals surface area contributed by atoms with Crippen LogP contribution >= 0.6 is 0 Å². The lowest BCUT2D eigenvalue weighted by Crippen LogP contribution is -2.34. The Morgan fingerprint density at radius 2 is 1.38 bits per heavy atom. The van der Waals surface area contributed by atoms with Crippen LogP contribution in [-0.2, 0) is 4.74 Å². The summed E-state index contributed by atoms with van der Waals surface area (Å²) in [4.78, 5) is 13.1. The molecular formula is C13H29NO2. The first-order valence-corrected chi connectivity index (χ1v) is 6.47. The van der Waals surface area contributed by atoms with Crippen LogP contribution in [0.3, 0.4) is 0 Å². The first kappa shape index (κ1) is 17.7. The lowest BCUT2D eigenvalue weighted by atomic mass is 10.2. The van der Waals surface area contributed by atoms with Crippen molar-refractivity contribution in [1.82, 2.24) is 4.90 Å². The van der Waals surface area contributed by atoms with Gasteiger partial charge >= 0.3 is 6.09 Å². The van der Waals surface area contributed by atoms with Crippen LogP contribution in [0, 0.1) is 0 Å². The molecule has 1 aliphatic rings. The molecule has 0 spiro atoms. The second-order valence-electron chi connectivity index (χ2n) is 4.17. The molecule has 1 heterocycles. The summed E-state index contributed by atoms with van der Waals surface area (Å²) < 4.78 is 5.21. The average molecular weight is 231 g/mol. The smallest absolute Gasteiger partial charge is 0.410 e. The molecule has 0 bridgehead atoms. The first-order valence-electron chi connectivity index (χ1n) is 6.47. The number of nitrogens with zero attached hydrogens (tertiary/aromatic N) is 1. The predicted octanol–water partition coefficient (Wildman–Crippen LogP) is 4.07. The van der Waals surface area contributed by atoms with Gasteiger partial charge in [-0.05, 0) is 33.6 Å². The summed E-state index contributed by atoms with van der Waals surface area (Å²) in [6, 6.07) is 0. The van der Waals surface area contributed by atoms with E-state index in [1.807, 2.05) is 48.5 Å². The molecule has 0 aromatic carbocycles. The van der Waals surface area contributed by atoms with Gasteiger partial charge in [0.05, 0.1) is 0 Å². The third kappa shape index (κ3) is 8.57. The highest BCUT2D eigenvalue weighted by molar-refractivity contribution is 5.68. The molecule has 0 saturated carbocycles. The van der Waals surface area contributed by atoms with E-state index in [1.165, 1.54) is 0 Å². The van der Waals surface area contributed by atoms with Gasteiger partial charge in [-0.1, -0.05) is 27.7 Å². The Morgan fingerprint density at radius 3 is 1.69 bits per heavy atom. The molecule has 1 fully saturated rings. The van der Waals surface area contributed by atoms with Gasteiger partial charge in [-0.2, -0.15) is 0 Å². The molecule has 1 aliphatic heterocycles. The molecule has 98 valence electrons. The van der Waals surface area contributed by atoms with E-state index < -0.39 is 0 Å². The lowest BCUT2D eigenvalue weighted by molar-refractivity contribution is 0.0295. The topological polar surface area (TPSA) is 29.5 Å². The van der Waals surface area contributed by atoms with E-state index >= 15 is 0 Å². The highest BCUT2D eigenvalue weighted by Crippen LogP contribution is 2.14. The van der Waals surface area contributed by atoms with Crippen molar-refractivity contribution < 1.29 is 9.53 Å². The van der Waals surface area contributed by atoms with Gasteiger partial charge < -0.3 is 9.64 Å². The first-order chi connectivity index (χ1) is 7.49. The number of rotatable bonds is 0. The van der Waals surface area contributed by atoms with Crippen LogP contribution in [0.15, 0.2) is 0 Å². The summed E-state index contributed by atoms with van der Waals surface area (Å²) in [5.41, 5.74) is -0.361. The summed E-state index contributed by atoms with van der Waals surface area (Å²) in [5, 5.41) is 0. The highest BCUT2D eigenvalue weighted by atomic mass is 16.6. The summed E-state index contributed by atoms with van der Waals surface area (Å²) in [6.45, 7) is 15.4. The zero-order valence-electron chi connectivity index (χ0n) is 12.1. The molecule has 0 aliphatic carbocycles. The van der Waals surface area contributed by atoms with Crippen molar-refractivity contribution in [3.05, 3.63) is 0 Å². The maximum atomic E-state index is 11.4. The van der Waals surface area contributed by atoms with Crippen LogP contribution in [0.5, 0.6) is 0 Å². The van der Waals surface area contributed by atoms with E-state index in [1.54, 1.807) is 4.90 Å². The SMILES string of the molecule is CC.CC.CC(C)(C)OC(=O)N1CCCC1. The lowest BCUT2D eigenvalue weighted by Gasteiger charge is -2.23. The van der Waals surface area contributed by atoms with Crippen molar-refractivity contribution in [2.24, 2.45) is 0 Å². The molecule has 0 atom stereocenters. The van der Waals surface area contributed by atoms with Crippen LogP contribution in [0.4, 0.5) is 4.79 Å². The Kier molecular flexibility index (Phi) is 10.5. The Balaban J connectivity index is 0. The number of likely N-dealkylation sites (tertiary alicyclic amines) is 1. The van der Waals surface area contributed by atoms with Gasteiger partial charge in [0.25, 0.3) is 0 Å². The standard InChI is InChI=1S/C9H17NO2.2C2H6/c1-9(2,3)12-8(11)10-6-4-5-7-10;2*1-2/h4-7H2,1-3H3;2*1-2H3. The quantitative estimate of drug-likeness (QED) is 0.629. The summed E-state index contributed by atoms with van der Waals surface area (Å²) in [5.74, 6) is 0. The van der Waals surface area contributed by atoms with Crippen LogP contribution in [0.2, 0.25) is 0 Å². The maximum absolute atomic E-state index is 11.4. The van der Waals surface area contributed by atoms with Crippen LogP contribution in [0.1, 0.15) is 61.3 Å². The molecule has 1 saturated heterocycles. The van der Waals surface area contributed by atoms with E-state index in [2.05, 4.69) is 0 Å². The van der Waals surface area contributed by atoms with E-state index in [-0.39, 0.29) is 11.7 Å². The molecule has 1 rings (SSSR count). The van der Waals surface area contributed by atoms with Gasteiger partial charge in [-0.15, -0.1) is 0 Å². The fourth-order valence-corrected chi connectivity index (χ4v) is 1.23. The van der Waals surface area contributed by atoms with Crippen molar-refractivity contribution in [1.29, 1.82) is 0 Å². The van der Waals surface area contributed by atoms with E-state index in [0.29, 0.717) is 0 Å². The van der Waals surface area contributed by atoms with Crippen molar-refractivity contribution in [2.45, 2.75) is 66.9 Å². The minimum atomic E-state index is -0.361. The van der Waals surface area contributed by atoms with Crippen molar-refractivity contribution in [3.63, 3.8) is 0 Å². The summed E-state index contributed by atoms with van der Waals surface area (Å²) in [6.07, 6.45) is 2.05. The van der Waals surface area contributed by atoms with Crippen molar-refractivity contribution >= 4 is 6.09 Å². The van der Waals surface area contributed by atoms with Gasteiger partial charge in [-0.25, -0.2) is 4.79 Å². The van der Waals surface area contributed by atoms with Gasteiger partial charge in [-0.3, -0.25) is 0 Å². The molecule has 3 heteroatoms. The monoisotopic (exact) mass is 231 g/mol. The Hall–Kier alpha value is -0.730. The molecule has 16 heavy (non-hydrogen) atoms. The van der Waals surface area contributed by atoms with Crippen LogP contribution in [-0.4, -0.2) is 29.7 Å². The molecule has 0 aromatic heterocycles. The number of carbonyl (C=O) groups excluding carboxylic acids is 1. The fourth-order valence-electron chi connectivity index (χ4n) is 1.23. The third-order valence-corrected chi connectivity index (χ3v) is 1.76. The number of hydrogen-bond acceptors (Lipinski definition) is 2. The minimum absolute atomic E-state index is 0.167. The van der Waals surface area contributed by atoms with Gasteiger partial charge in [0.2, 0.25) is 0 Å². The number of carbonyl (C=O) groups is 1. The predicted molar refractivity (Wildman–Crippen MR) is 69.7 cm³/mol. The van der Waals surface area contributed by atoms with Gasteiger partial charge in [0.15, 0.2) is 0 Å². The second kappa shape index (κ2) is 9.49. The molecule has 0 radical (unpaired) electrons. The van der Waals surface area contributed by atoms with Crippen molar-refractivity contribution in [2.75, 3.05) is 13.1 Å². The van der Waals surface area contributed by atoms with Gasteiger partial charge in [0, 0.05) is 13.1 Å². The van der Waals surface area contributed by atoms with E-state index in [0.717, 1.165) is 25.9 Å².